The molecule has 16 heavy (non-hydrogen) atoms. The second kappa shape index (κ2) is 5.66. The molecule has 2 rings (SSSR count). The molecule has 0 saturated heterocycles. The Labute approximate surface area is 98.1 Å². The third kappa shape index (κ3) is 2.61. The predicted octanol–water partition coefficient (Wildman–Crippen LogP) is 4.65. The highest BCUT2D eigenvalue weighted by molar-refractivity contribution is 5.86. The van der Waals surface area contributed by atoms with E-state index in [0.717, 1.165) is 0 Å². The minimum absolute atomic E-state index is 0. The SMILES string of the molecule is CCCCc1cccc2cc(C)ccc12.N. The lowest BCUT2D eigenvalue weighted by atomic mass is 9.99. The van der Waals surface area contributed by atoms with Gasteiger partial charge in [-0.1, -0.05) is 55.3 Å². The Hall–Kier alpha value is -1.34. The Morgan fingerprint density at radius 2 is 1.88 bits per heavy atom. The van der Waals surface area contributed by atoms with Gasteiger partial charge in [0.05, 0.1) is 0 Å². The molecule has 1 heteroatoms. The highest BCUT2D eigenvalue weighted by atomic mass is 14.0. The minimum Gasteiger partial charge on any atom is -0.344 e. The molecule has 0 saturated carbocycles. The molecule has 0 aliphatic heterocycles. The van der Waals surface area contributed by atoms with Crippen molar-refractivity contribution in [3.05, 3.63) is 47.5 Å². The van der Waals surface area contributed by atoms with E-state index in [1.807, 2.05) is 0 Å². The monoisotopic (exact) mass is 215 g/mol. The Balaban J connectivity index is 0.00000128. The Kier molecular flexibility index (Phi) is 4.51. The van der Waals surface area contributed by atoms with E-state index < -0.39 is 0 Å². The summed E-state index contributed by atoms with van der Waals surface area (Å²) < 4.78 is 0. The van der Waals surface area contributed by atoms with Crippen molar-refractivity contribution in [2.24, 2.45) is 0 Å². The van der Waals surface area contributed by atoms with Crippen LogP contribution in [-0.4, -0.2) is 0 Å². The Bertz CT molecular complexity index is 460. The topological polar surface area (TPSA) is 35.0 Å². The fourth-order valence-electron chi connectivity index (χ4n) is 2.06. The van der Waals surface area contributed by atoms with Gasteiger partial charge in [-0.2, -0.15) is 0 Å². The van der Waals surface area contributed by atoms with Crippen LogP contribution in [0.25, 0.3) is 10.8 Å². The van der Waals surface area contributed by atoms with Crippen molar-refractivity contribution in [2.45, 2.75) is 33.1 Å². The molecule has 0 spiro atoms. The highest BCUT2D eigenvalue weighted by Gasteiger charge is 1.99. The van der Waals surface area contributed by atoms with E-state index in [0.29, 0.717) is 0 Å². The zero-order valence-corrected chi connectivity index (χ0v) is 10.3. The average molecular weight is 215 g/mol. The van der Waals surface area contributed by atoms with Gasteiger partial charge >= 0.3 is 0 Å². The molecule has 0 heterocycles. The van der Waals surface area contributed by atoms with Crippen LogP contribution in [0.15, 0.2) is 36.4 Å². The van der Waals surface area contributed by atoms with E-state index in [-0.39, 0.29) is 6.15 Å². The summed E-state index contributed by atoms with van der Waals surface area (Å²) in [5.41, 5.74) is 2.84. The molecule has 0 atom stereocenters. The first kappa shape index (κ1) is 12.7. The van der Waals surface area contributed by atoms with E-state index in [4.69, 9.17) is 0 Å². The average Bonchev–Trinajstić information content (AvgIpc) is 2.25. The van der Waals surface area contributed by atoms with Gasteiger partial charge in [-0.3, -0.25) is 0 Å². The van der Waals surface area contributed by atoms with Crippen molar-refractivity contribution in [3.63, 3.8) is 0 Å². The summed E-state index contributed by atoms with van der Waals surface area (Å²) in [7, 11) is 0. The lowest BCUT2D eigenvalue weighted by Gasteiger charge is -2.06. The van der Waals surface area contributed by atoms with E-state index in [1.54, 1.807) is 0 Å². The molecule has 0 amide bonds. The van der Waals surface area contributed by atoms with Gasteiger partial charge in [0.25, 0.3) is 0 Å². The fourth-order valence-corrected chi connectivity index (χ4v) is 2.06. The van der Waals surface area contributed by atoms with Crippen molar-refractivity contribution >= 4 is 10.8 Å². The number of unbranched alkanes of at least 4 members (excludes halogenated alkanes) is 1. The smallest absolute Gasteiger partial charge is 0.0152 e. The zero-order valence-electron chi connectivity index (χ0n) is 10.3. The largest absolute Gasteiger partial charge is 0.344 e. The standard InChI is InChI=1S/C15H18.H3N/c1-3-4-6-13-7-5-8-14-11-12(2)9-10-15(13)14;/h5,7-11H,3-4,6H2,1-2H3;1H3. The summed E-state index contributed by atoms with van der Waals surface area (Å²) in [6, 6.07) is 13.4. The normalized spacial score (nSPS) is 10.1. The molecule has 0 aliphatic rings. The van der Waals surface area contributed by atoms with Crippen LogP contribution in [0, 0.1) is 6.92 Å². The quantitative estimate of drug-likeness (QED) is 0.794. The summed E-state index contributed by atoms with van der Waals surface area (Å²) in [4.78, 5) is 0. The molecule has 2 aromatic carbocycles. The summed E-state index contributed by atoms with van der Waals surface area (Å²) >= 11 is 0. The first-order valence-corrected chi connectivity index (χ1v) is 5.79. The summed E-state index contributed by atoms with van der Waals surface area (Å²) in [5, 5.41) is 2.81. The summed E-state index contributed by atoms with van der Waals surface area (Å²) in [6.45, 7) is 4.40. The molecule has 86 valence electrons. The van der Waals surface area contributed by atoms with E-state index in [1.165, 1.54) is 41.2 Å². The maximum absolute atomic E-state index is 2.27. The highest BCUT2D eigenvalue weighted by Crippen LogP contribution is 2.21. The van der Waals surface area contributed by atoms with E-state index >= 15 is 0 Å². The van der Waals surface area contributed by atoms with Gasteiger partial charge in [0.1, 0.15) is 0 Å². The molecule has 0 aromatic heterocycles. The van der Waals surface area contributed by atoms with Crippen LogP contribution in [0.2, 0.25) is 0 Å². The van der Waals surface area contributed by atoms with Crippen LogP contribution in [0.4, 0.5) is 0 Å². The van der Waals surface area contributed by atoms with Crippen molar-refractivity contribution in [1.82, 2.24) is 6.15 Å². The van der Waals surface area contributed by atoms with Crippen LogP contribution < -0.4 is 6.15 Å². The molecule has 0 unspecified atom stereocenters. The second-order valence-corrected chi connectivity index (χ2v) is 4.25. The molecule has 1 nitrogen and oxygen atoms in total. The fraction of sp³-hybridized carbons (Fsp3) is 0.333. The second-order valence-electron chi connectivity index (χ2n) is 4.25. The third-order valence-corrected chi connectivity index (χ3v) is 2.93. The van der Waals surface area contributed by atoms with Gasteiger partial charge in [-0.15, -0.1) is 0 Å². The van der Waals surface area contributed by atoms with Crippen molar-refractivity contribution < 1.29 is 0 Å². The molecule has 0 radical (unpaired) electrons. The maximum Gasteiger partial charge on any atom is -0.0152 e. The van der Waals surface area contributed by atoms with Crippen LogP contribution >= 0.6 is 0 Å². The summed E-state index contributed by atoms with van der Waals surface area (Å²) in [6.07, 6.45) is 3.76. The lowest BCUT2D eigenvalue weighted by Crippen LogP contribution is -1.87. The van der Waals surface area contributed by atoms with Crippen LogP contribution in [0.5, 0.6) is 0 Å². The van der Waals surface area contributed by atoms with Crippen LogP contribution in [0.1, 0.15) is 30.9 Å². The first-order valence-electron chi connectivity index (χ1n) is 5.79. The molecule has 3 N–H and O–H groups in total. The van der Waals surface area contributed by atoms with Crippen molar-refractivity contribution in [1.29, 1.82) is 0 Å². The van der Waals surface area contributed by atoms with Gasteiger partial charge in [0, 0.05) is 0 Å². The van der Waals surface area contributed by atoms with E-state index in [2.05, 4.69) is 50.2 Å². The Morgan fingerprint density at radius 3 is 2.62 bits per heavy atom. The lowest BCUT2D eigenvalue weighted by molar-refractivity contribution is 0.799. The minimum atomic E-state index is 0. The molecule has 0 fully saturated rings. The van der Waals surface area contributed by atoms with Crippen molar-refractivity contribution in [3.8, 4) is 0 Å². The number of benzene rings is 2. The maximum atomic E-state index is 2.27. The number of aryl methyl sites for hydroxylation is 2. The van der Waals surface area contributed by atoms with E-state index in [9.17, 15) is 0 Å². The van der Waals surface area contributed by atoms with Crippen LogP contribution in [0.3, 0.4) is 0 Å². The molecule has 0 bridgehead atoms. The van der Waals surface area contributed by atoms with Crippen molar-refractivity contribution in [2.75, 3.05) is 0 Å². The Morgan fingerprint density at radius 1 is 1.06 bits per heavy atom. The number of hydrogen-bond donors (Lipinski definition) is 1. The van der Waals surface area contributed by atoms with Gasteiger partial charge in [0.15, 0.2) is 0 Å². The van der Waals surface area contributed by atoms with Gasteiger partial charge in [-0.25, -0.2) is 0 Å². The van der Waals surface area contributed by atoms with Gasteiger partial charge in [0.2, 0.25) is 0 Å². The zero-order chi connectivity index (χ0) is 10.7. The molecule has 2 aromatic rings. The number of hydrogen-bond acceptors (Lipinski definition) is 1. The predicted molar refractivity (Wildman–Crippen MR) is 72.3 cm³/mol. The van der Waals surface area contributed by atoms with Gasteiger partial charge in [-0.05, 0) is 36.1 Å². The first-order chi connectivity index (χ1) is 7.31. The molecule has 0 aliphatic carbocycles. The third-order valence-electron chi connectivity index (χ3n) is 2.93. The molecular formula is C15H21N. The summed E-state index contributed by atoms with van der Waals surface area (Å²) in [5.74, 6) is 0. The molecular weight excluding hydrogens is 194 g/mol. The van der Waals surface area contributed by atoms with Crippen LogP contribution in [-0.2, 0) is 6.42 Å². The number of fused-ring (bicyclic) bond motifs is 1. The number of rotatable bonds is 3. The van der Waals surface area contributed by atoms with Gasteiger partial charge < -0.3 is 6.15 Å².